The van der Waals surface area contributed by atoms with Gasteiger partial charge in [0.1, 0.15) is 11.4 Å². The van der Waals surface area contributed by atoms with Crippen LogP contribution >= 0.6 is 11.8 Å². The third kappa shape index (κ3) is 2.89. The Hall–Kier alpha value is -1.56. The molecule has 1 heterocycles. The lowest BCUT2D eigenvalue weighted by atomic mass is 10.0. The predicted octanol–water partition coefficient (Wildman–Crippen LogP) is 2.36. The van der Waals surface area contributed by atoms with Crippen molar-refractivity contribution in [2.75, 3.05) is 13.4 Å². The predicted molar refractivity (Wildman–Crippen MR) is 78.2 cm³/mol. The number of benzene rings is 1. The summed E-state index contributed by atoms with van der Waals surface area (Å²) < 4.78 is 5.36. The smallest absolute Gasteiger partial charge is 0.142 e. The van der Waals surface area contributed by atoms with Crippen LogP contribution in [0.4, 0.5) is 0 Å². The molecule has 100 valence electrons. The average Bonchev–Trinajstić information content (AvgIpc) is 2.49. The number of thioether (sulfide) groups is 1. The van der Waals surface area contributed by atoms with E-state index in [4.69, 9.17) is 10.6 Å². The highest BCUT2D eigenvalue weighted by atomic mass is 32.2. The second-order valence-electron chi connectivity index (χ2n) is 3.93. The number of ether oxygens (including phenoxy) is 1. The number of methoxy groups -OCH3 is 1. The Bertz CT molecular complexity index is 500. The minimum atomic E-state index is -0.195. The lowest BCUT2D eigenvalue weighted by Gasteiger charge is -2.20. The molecule has 2 rings (SSSR count). The van der Waals surface area contributed by atoms with Gasteiger partial charge in [-0.3, -0.25) is 10.8 Å². The van der Waals surface area contributed by atoms with Crippen molar-refractivity contribution in [1.82, 2.24) is 10.4 Å². The quantitative estimate of drug-likeness (QED) is 0.498. The van der Waals surface area contributed by atoms with E-state index in [0.29, 0.717) is 0 Å². The Kier molecular flexibility index (Phi) is 4.79. The molecule has 5 heteroatoms. The zero-order valence-corrected chi connectivity index (χ0v) is 11.8. The minimum absolute atomic E-state index is 0.195. The first-order valence-corrected chi connectivity index (χ1v) is 7.12. The van der Waals surface area contributed by atoms with Gasteiger partial charge in [0.05, 0.1) is 13.2 Å². The number of pyridine rings is 1. The van der Waals surface area contributed by atoms with Crippen LogP contribution in [0.2, 0.25) is 0 Å². The van der Waals surface area contributed by atoms with Gasteiger partial charge in [0, 0.05) is 11.1 Å². The molecule has 0 aliphatic heterocycles. The Labute approximate surface area is 117 Å². The molecular weight excluding hydrogens is 258 g/mol. The number of hydrazine groups is 1. The molecule has 0 amide bonds. The summed E-state index contributed by atoms with van der Waals surface area (Å²) in [5.41, 5.74) is 4.71. The second-order valence-corrected chi connectivity index (χ2v) is 4.78. The monoisotopic (exact) mass is 275 g/mol. The Morgan fingerprint density at radius 3 is 2.74 bits per heavy atom. The lowest BCUT2D eigenvalue weighted by Crippen LogP contribution is -2.30. The Morgan fingerprint density at radius 1 is 1.26 bits per heavy atom. The standard InChI is InChI=1S/C14H17N3OS/c1-18-11-7-5-9-16-14(11)13(17-15)10-6-3-4-8-12(10)19-2/h3-9,13,17H,15H2,1-2H3. The molecule has 1 aromatic carbocycles. The lowest BCUT2D eigenvalue weighted by molar-refractivity contribution is 0.400. The summed E-state index contributed by atoms with van der Waals surface area (Å²) >= 11 is 1.68. The van der Waals surface area contributed by atoms with Crippen molar-refractivity contribution in [2.45, 2.75) is 10.9 Å². The summed E-state index contributed by atoms with van der Waals surface area (Å²) in [6.45, 7) is 0. The fourth-order valence-corrected chi connectivity index (χ4v) is 2.65. The number of rotatable bonds is 5. The van der Waals surface area contributed by atoms with E-state index < -0.39 is 0 Å². The number of hydrogen-bond donors (Lipinski definition) is 2. The van der Waals surface area contributed by atoms with Crippen molar-refractivity contribution in [3.8, 4) is 5.75 Å². The molecule has 0 fully saturated rings. The largest absolute Gasteiger partial charge is 0.495 e. The first-order chi connectivity index (χ1) is 9.31. The first kappa shape index (κ1) is 13.9. The van der Waals surface area contributed by atoms with Crippen LogP contribution in [0.3, 0.4) is 0 Å². The van der Waals surface area contributed by atoms with E-state index in [1.165, 1.54) is 0 Å². The van der Waals surface area contributed by atoms with Gasteiger partial charge in [-0.05, 0) is 30.0 Å². The first-order valence-electron chi connectivity index (χ1n) is 5.89. The van der Waals surface area contributed by atoms with E-state index in [2.05, 4.69) is 16.5 Å². The highest BCUT2D eigenvalue weighted by molar-refractivity contribution is 7.98. The number of nitrogens with one attached hydrogen (secondary N) is 1. The molecule has 4 nitrogen and oxygen atoms in total. The molecule has 0 bridgehead atoms. The van der Waals surface area contributed by atoms with Crippen LogP contribution in [-0.2, 0) is 0 Å². The van der Waals surface area contributed by atoms with Crippen molar-refractivity contribution >= 4 is 11.8 Å². The molecule has 0 saturated heterocycles. The fraction of sp³-hybridized carbons (Fsp3) is 0.214. The van der Waals surface area contributed by atoms with E-state index in [-0.39, 0.29) is 6.04 Å². The molecule has 19 heavy (non-hydrogen) atoms. The van der Waals surface area contributed by atoms with Gasteiger partial charge in [-0.1, -0.05) is 18.2 Å². The maximum absolute atomic E-state index is 5.73. The average molecular weight is 275 g/mol. The van der Waals surface area contributed by atoms with Crippen LogP contribution in [0, 0.1) is 0 Å². The van der Waals surface area contributed by atoms with Gasteiger partial charge < -0.3 is 4.74 Å². The summed E-state index contributed by atoms with van der Waals surface area (Å²) in [5.74, 6) is 6.45. The SMILES string of the molecule is COc1cccnc1C(NN)c1ccccc1SC. The Balaban J connectivity index is 2.50. The van der Waals surface area contributed by atoms with Crippen molar-refractivity contribution in [3.63, 3.8) is 0 Å². The van der Waals surface area contributed by atoms with Gasteiger partial charge in [0.25, 0.3) is 0 Å². The van der Waals surface area contributed by atoms with Crippen LogP contribution in [0.5, 0.6) is 5.75 Å². The van der Waals surface area contributed by atoms with Crippen molar-refractivity contribution in [2.24, 2.45) is 5.84 Å². The van der Waals surface area contributed by atoms with Crippen molar-refractivity contribution < 1.29 is 4.74 Å². The number of hydrogen-bond acceptors (Lipinski definition) is 5. The summed E-state index contributed by atoms with van der Waals surface area (Å²) in [7, 11) is 1.63. The zero-order valence-electron chi connectivity index (χ0n) is 11.0. The number of nitrogens with two attached hydrogens (primary N) is 1. The zero-order chi connectivity index (χ0) is 13.7. The molecule has 0 spiro atoms. The van der Waals surface area contributed by atoms with Gasteiger partial charge in [-0.25, -0.2) is 5.43 Å². The molecule has 1 aromatic heterocycles. The molecule has 0 aliphatic carbocycles. The van der Waals surface area contributed by atoms with Crippen molar-refractivity contribution in [1.29, 1.82) is 0 Å². The van der Waals surface area contributed by atoms with E-state index in [1.807, 2.05) is 36.6 Å². The van der Waals surface area contributed by atoms with Crippen LogP contribution in [0.1, 0.15) is 17.3 Å². The molecule has 1 atom stereocenters. The molecule has 0 saturated carbocycles. The van der Waals surface area contributed by atoms with Crippen LogP contribution in [0.15, 0.2) is 47.5 Å². The van der Waals surface area contributed by atoms with Crippen LogP contribution < -0.4 is 16.0 Å². The molecule has 1 unspecified atom stereocenters. The minimum Gasteiger partial charge on any atom is -0.495 e. The topological polar surface area (TPSA) is 60.2 Å². The molecular formula is C14H17N3OS. The van der Waals surface area contributed by atoms with E-state index in [9.17, 15) is 0 Å². The van der Waals surface area contributed by atoms with Crippen molar-refractivity contribution in [3.05, 3.63) is 53.9 Å². The molecule has 2 aromatic rings. The maximum atomic E-state index is 5.73. The summed E-state index contributed by atoms with van der Waals surface area (Å²) in [6.07, 6.45) is 3.78. The van der Waals surface area contributed by atoms with Gasteiger partial charge in [-0.2, -0.15) is 0 Å². The highest BCUT2D eigenvalue weighted by Gasteiger charge is 2.20. The number of nitrogens with zero attached hydrogens (tertiary/aromatic N) is 1. The maximum Gasteiger partial charge on any atom is 0.142 e. The molecule has 0 aliphatic rings. The molecule has 3 N–H and O–H groups in total. The van der Waals surface area contributed by atoms with Gasteiger partial charge >= 0.3 is 0 Å². The molecule has 0 radical (unpaired) electrons. The van der Waals surface area contributed by atoms with Crippen LogP contribution in [-0.4, -0.2) is 18.3 Å². The van der Waals surface area contributed by atoms with Crippen LogP contribution in [0.25, 0.3) is 0 Å². The van der Waals surface area contributed by atoms with Gasteiger partial charge in [0.2, 0.25) is 0 Å². The summed E-state index contributed by atoms with van der Waals surface area (Å²) in [6, 6.07) is 11.7. The van der Waals surface area contributed by atoms with E-state index >= 15 is 0 Å². The van der Waals surface area contributed by atoms with E-state index in [0.717, 1.165) is 21.9 Å². The number of aromatic nitrogens is 1. The van der Waals surface area contributed by atoms with Gasteiger partial charge in [-0.15, -0.1) is 11.8 Å². The van der Waals surface area contributed by atoms with Gasteiger partial charge in [0.15, 0.2) is 0 Å². The van der Waals surface area contributed by atoms with E-state index in [1.54, 1.807) is 25.1 Å². The third-order valence-electron chi connectivity index (χ3n) is 2.91. The summed E-state index contributed by atoms with van der Waals surface area (Å²) in [5, 5.41) is 0. The second kappa shape index (κ2) is 6.56. The Morgan fingerprint density at radius 2 is 2.05 bits per heavy atom. The third-order valence-corrected chi connectivity index (χ3v) is 3.72. The highest BCUT2D eigenvalue weighted by Crippen LogP contribution is 2.32. The normalized spacial score (nSPS) is 12.2. The fourth-order valence-electron chi connectivity index (χ4n) is 2.01. The summed E-state index contributed by atoms with van der Waals surface area (Å²) in [4.78, 5) is 5.56.